The Kier molecular flexibility index (Phi) is 5.74. The second-order valence-electron chi connectivity index (χ2n) is 7.31. The number of ether oxygens (including phenoxy) is 1. The Balaban J connectivity index is 1.38. The molecule has 3 aromatic rings. The monoisotopic (exact) mass is 405 g/mol. The molecule has 4 rings (SSSR count). The second-order valence-corrected chi connectivity index (χ2v) is 7.31. The second kappa shape index (κ2) is 8.77. The minimum absolute atomic E-state index is 0.00923. The van der Waals surface area contributed by atoms with Crippen LogP contribution in [-0.2, 0) is 6.54 Å². The summed E-state index contributed by atoms with van der Waals surface area (Å²) in [6.45, 7) is 1.90. The van der Waals surface area contributed by atoms with Crippen LogP contribution in [-0.4, -0.2) is 50.4 Å². The highest BCUT2D eigenvalue weighted by Crippen LogP contribution is 2.20. The van der Waals surface area contributed by atoms with Gasteiger partial charge in [-0.2, -0.15) is 0 Å². The summed E-state index contributed by atoms with van der Waals surface area (Å²) in [5.41, 5.74) is 7.20. The summed E-state index contributed by atoms with van der Waals surface area (Å²) in [5, 5.41) is 0. The molecule has 1 aliphatic rings. The van der Waals surface area contributed by atoms with E-state index in [9.17, 15) is 9.59 Å². The first-order valence-electron chi connectivity index (χ1n) is 9.85. The zero-order valence-electron chi connectivity index (χ0n) is 16.5. The van der Waals surface area contributed by atoms with Gasteiger partial charge in [-0.25, -0.2) is 4.98 Å². The van der Waals surface area contributed by atoms with Crippen LogP contribution in [0.15, 0.2) is 61.3 Å². The highest BCUT2D eigenvalue weighted by atomic mass is 16.5. The number of rotatable bonds is 6. The van der Waals surface area contributed by atoms with E-state index in [2.05, 4.69) is 9.97 Å². The number of hydrogen-bond acceptors (Lipinski definition) is 5. The fraction of sp³-hybridized carbons (Fsp3) is 0.273. The Hall–Kier alpha value is -3.68. The third-order valence-corrected chi connectivity index (χ3v) is 5.08. The van der Waals surface area contributed by atoms with Crippen molar-refractivity contribution in [2.75, 3.05) is 13.1 Å². The van der Waals surface area contributed by atoms with Gasteiger partial charge >= 0.3 is 0 Å². The van der Waals surface area contributed by atoms with Gasteiger partial charge in [-0.15, -0.1) is 0 Å². The van der Waals surface area contributed by atoms with Gasteiger partial charge in [0.1, 0.15) is 17.5 Å². The van der Waals surface area contributed by atoms with E-state index in [1.807, 2.05) is 39.9 Å². The van der Waals surface area contributed by atoms with Crippen molar-refractivity contribution < 1.29 is 14.3 Å². The van der Waals surface area contributed by atoms with E-state index in [1.165, 1.54) is 12.3 Å². The predicted molar refractivity (Wildman–Crippen MR) is 110 cm³/mol. The SMILES string of the molecule is NC(=O)c1cc(OC2CCCN(C(=O)c3ccc(Cn4ccnc4)cc3)C2)ccn1. The molecule has 0 aliphatic carbocycles. The molecule has 1 fully saturated rings. The Morgan fingerprint density at radius 1 is 1.17 bits per heavy atom. The maximum Gasteiger partial charge on any atom is 0.267 e. The number of primary amides is 1. The lowest BCUT2D eigenvalue weighted by atomic mass is 10.1. The van der Waals surface area contributed by atoms with Crippen LogP contribution in [0.1, 0.15) is 39.3 Å². The molecule has 30 heavy (non-hydrogen) atoms. The Morgan fingerprint density at radius 2 is 2.00 bits per heavy atom. The molecule has 0 bridgehead atoms. The lowest BCUT2D eigenvalue weighted by Crippen LogP contribution is -2.44. The number of imidazole rings is 1. The molecule has 0 spiro atoms. The van der Waals surface area contributed by atoms with E-state index >= 15 is 0 Å². The number of hydrogen-bond donors (Lipinski definition) is 1. The van der Waals surface area contributed by atoms with Crippen molar-refractivity contribution in [2.45, 2.75) is 25.5 Å². The lowest BCUT2D eigenvalue weighted by molar-refractivity contribution is 0.0537. The standard InChI is InChI=1S/C22H23N5O3/c23-21(28)20-12-18(7-8-25-20)30-19-2-1-10-27(14-19)22(29)17-5-3-16(4-6-17)13-26-11-9-24-15-26/h3-9,11-12,15,19H,1-2,10,13-14H2,(H2,23,28). The van der Waals surface area contributed by atoms with E-state index in [4.69, 9.17) is 10.5 Å². The smallest absolute Gasteiger partial charge is 0.267 e. The molecule has 0 saturated carbocycles. The van der Waals surface area contributed by atoms with Gasteiger partial charge in [0.25, 0.3) is 11.8 Å². The molecule has 2 N–H and O–H groups in total. The van der Waals surface area contributed by atoms with Crippen molar-refractivity contribution in [1.82, 2.24) is 19.4 Å². The van der Waals surface area contributed by atoms with Gasteiger partial charge in [0, 0.05) is 43.3 Å². The van der Waals surface area contributed by atoms with Crippen molar-refractivity contribution in [3.8, 4) is 5.75 Å². The maximum absolute atomic E-state index is 13.0. The zero-order valence-corrected chi connectivity index (χ0v) is 16.5. The summed E-state index contributed by atoms with van der Waals surface area (Å²) in [6, 6.07) is 10.9. The van der Waals surface area contributed by atoms with Crippen LogP contribution in [0, 0.1) is 0 Å². The summed E-state index contributed by atoms with van der Waals surface area (Å²) in [7, 11) is 0. The molecule has 8 heteroatoms. The van der Waals surface area contributed by atoms with E-state index in [1.54, 1.807) is 18.6 Å². The Morgan fingerprint density at radius 3 is 2.73 bits per heavy atom. The molecular weight excluding hydrogens is 382 g/mol. The first kappa shape index (κ1) is 19.6. The molecule has 1 unspecified atom stereocenters. The van der Waals surface area contributed by atoms with Crippen LogP contribution >= 0.6 is 0 Å². The normalized spacial score (nSPS) is 16.3. The summed E-state index contributed by atoms with van der Waals surface area (Å²) >= 11 is 0. The predicted octanol–water partition coefficient (Wildman–Crippen LogP) is 2.11. The minimum Gasteiger partial charge on any atom is -0.488 e. The fourth-order valence-electron chi connectivity index (χ4n) is 3.56. The largest absolute Gasteiger partial charge is 0.488 e. The van der Waals surface area contributed by atoms with Gasteiger partial charge in [-0.1, -0.05) is 12.1 Å². The van der Waals surface area contributed by atoms with Crippen LogP contribution in [0.2, 0.25) is 0 Å². The van der Waals surface area contributed by atoms with Crippen LogP contribution < -0.4 is 10.5 Å². The van der Waals surface area contributed by atoms with E-state index in [0.29, 0.717) is 30.9 Å². The number of aromatic nitrogens is 3. The zero-order chi connectivity index (χ0) is 20.9. The summed E-state index contributed by atoms with van der Waals surface area (Å²) < 4.78 is 7.97. The molecule has 1 aromatic carbocycles. The quantitative estimate of drug-likeness (QED) is 0.676. The number of carbonyl (C=O) groups excluding carboxylic acids is 2. The molecule has 1 aliphatic heterocycles. The highest BCUT2D eigenvalue weighted by molar-refractivity contribution is 5.94. The van der Waals surface area contributed by atoms with Crippen LogP contribution in [0.5, 0.6) is 5.75 Å². The van der Waals surface area contributed by atoms with Crippen molar-refractivity contribution in [3.05, 3.63) is 78.1 Å². The number of nitrogens with zero attached hydrogens (tertiary/aromatic N) is 4. The number of amides is 2. The topological polar surface area (TPSA) is 103 Å². The Bertz CT molecular complexity index is 1020. The first-order valence-corrected chi connectivity index (χ1v) is 9.85. The molecule has 1 atom stereocenters. The average Bonchev–Trinajstić information content (AvgIpc) is 3.27. The van der Waals surface area contributed by atoms with Gasteiger partial charge in [0.15, 0.2) is 0 Å². The van der Waals surface area contributed by atoms with E-state index < -0.39 is 5.91 Å². The Labute approximate surface area is 174 Å². The average molecular weight is 405 g/mol. The van der Waals surface area contributed by atoms with E-state index in [0.717, 1.165) is 18.4 Å². The molecule has 3 heterocycles. The van der Waals surface area contributed by atoms with Crippen molar-refractivity contribution >= 4 is 11.8 Å². The minimum atomic E-state index is -0.600. The van der Waals surface area contributed by atoms with Crippen LogP contribution in [0.4, 0.5) is 0 Å². The summed E-state index contributed by atoms with van der Waals surface area (Å²) in [4.78, 5) is 34.0. The number of carbonyl (C=O) groups is 2. The fourth-order valence-corrected chi connectivity index (χ4v) is 3.56. The highest BCUT2D eigenvalue weighted by Gasteiger charge is 2.26. The van der Waals surface area contributed by atoms with Gasteiger partial charge in [-0.05, 0) is 36.6 Å². The van der Waals surface area contributed by atoms with Crippen molar-refractivity contribution in [3.63, 3.8) is 0 Å². The molecule has 2 amide bonds. The van der Waals surface area contributed by atoms with Gasteiger partial charge < -0.3 is 19.9 Å². The molecular formula is C22H23N5O3. The number of nitrogens with two attached hydrogens (primary N) is 1. The first-order chi connectivity index (χ1) is 14.6. The molecule has 2 aromatic heterocycles. The van der Waals surface area contributed by atoms with Gasteiger partial charge in [0.05, 0.1) is 12.9 Å². The summed E-state index contributed by atoms with van der Waals surface area (Å²) in [6.07, 6.45) is 8.45. The molecule has 1 saturated heterocycles. The number of pyridine rings is 1. The van der Waals surface area contributed by atoms with E-state index in [-0.39, 0.29) is 17.7 Å². The third-order valence-electron chi connectivity index (χ3n) is 5.08. The number of benzene rings is 1. The van der Waals surface area contributed by atoms with Gasteiger partial charge in [0.2, 0.25) is 0 Å². The lowest BCUT2D eigenvalue weighted by Gasteiger charge is -2.33. The van der Waals surface area contributed by atoms with Crippen molar-refractivity contribution in [2.24, 2.45) is 5.73 Å². The van der Waals surface area contributed by atoms with Crippen molar-refractivity contribution in [1.29, 1.82) is 0 Å². The van der Waals surface area contributed by atoms with Crippen LogP contribution in [0.3, 0.4) is 0 Å². The number of likely N-dealkylation sites (tertiary alicyclic amines) is 1. The van der Waals surface area contributed by atoms with Gasteiger partial charge in [-0.3, -0.25) is 14.6 Å². The molecule has 8 nitrogen and oxygen atoms in total. The third kappa shape index (κ3) is 4.65. The molecule has 0 radical (unpaired) electrons. The maximum atomic E-state index is 13.0. The van der Waals surface area contributed by atoms with Crippen LogP contribution in [0.25, 0.3) is 0 Å². The number of piperidine rings is 1. The summed E-state index contributed by atoms with van der Waals surface area (Å²) in [5.74, 6) is -0.0793. The molecule has 154 valence electrons.